The molecule has 0 unspecified atom stereocenters. The average molecular weight is 642 g/mol. The molecule has 238 valence electrons. The van der Waals surface area contributed by atoms with Gasteiger partial charge in [0.2, 0.25) is 0 Å². The van der Waals surface area contributed by atoms with Crippen LogP contribution in [-0.2, 0) is 0 Å². The number of benzene rings is 7. The van der Waals surface area contributed by atoms with Gasteiger partial charge in [0.25, 0.3) is 0 Å². The van der Waals surface area contributed by atoms with Gasteiger partial charge in [-0.15, -0.1) is 0 Å². The number of aromatic nitrogens is 3. The lowest BCUT2D eigenvalue weighted by Gasteiger charge is -2.15. The van der Waals surface area contributed by atoms with E-state index >= 15 is 0 Å². The molecule has 0 atom stereocenters. The van der Waals surface area contributed by atoms with Gasteiger partial charge in [-0.2, -0.15) is 0 Å². The van der Waals surface area contributed by atoms with Gasteiger partial charge >= 0.3 is 0 Å². The largest absolute Gasteiger partial charge is 0.208 e. The van der Waals surface area contributed by atoms with Crippen molar-refractivity contribution in [1.29, 1.82) is 0 Å². The summed E-state index contributed by atoms with van der Waals surface area (Å²) in [6, 6.07) is 61.6. The summed E-state index contributed by atoms with van der Waals surface area (Å²) < 4.78 is 0. The maximum atomic E-state index is 5.09. The van der Waals surface area contributed by atoms with Crippen molar-refractivity contribution in [2.45, 2.75) is 13.8 Å². The lowest BCUT2D eigenvalue weighted by Crippen LogP contribution is -2.00. The Morgan fingerprint density at radius 2 is 0.640 bits per heavy atom. The lowest BCUT2D eigenvalue weighted by atomic mass is 9.90. The van der Waals surface area contributed by atoms with Crippen LogP contribution in [0.15, 0.2) is 176 Å². The van der Waals surface area contributed by atoms with Gasteiger partial charge in [0.05, 0.1) is 0 Å². The fourth-order valence-electron chi connectivity index (χ4n) is 6.48. The second-order valence-corrected chi connectivity index (χ2v) is 12.6. The molecule has 0 saturated carbocycles. The van der Waals surface area contributed by atoms with E-state index in [9.17, 15) is 0 Å². The van der Waals surface area contributed by atoms with Crippen LogP contribution in [0.2, 0.25) is 0 Å². The molecule has 0 aliphatic carbocycles. The van der Waals surface area contributed by atoms with Crippen molar-refractivity contribution in [3.8, 4) is 78.7 Å². The van der Waals surface area contributed by atoms with Crippen LogP contribution in [0.4, 0.5) is 0 Å². The van der Waals surface area contributed by atoms with E-state index in [1.807, 2.05) is 66.7 Å². The van der Waals surface area contributed by atoms with Crippen molar-refractivity contribution in [2.24, 2.45) is 0 Å². The Balaban J connectivity index is 1.32. The summed E-state index contributed by atoms with van der Waals surface area (Å²) in [5, 5.41) is 0. The van der Waals surface area contributed by atoms with E-state index in [0.29, 0.717) is 17.5 Å². The Labute approximate surface area is 293 Å². The molecule has 50 heavy (non-hydrogen) atoms. The minimum absolute atomic E-state index is 0.632. The maximum Gasteiger partial charge on any atom is 0.164 e. The Bertz CT molecular complexity index is 2360. The Morgan fingerprint density at radius 3 is 1.20 bits per heavy atom. The van der Waals surface area contributed by atoms with Crippen molar-refractivity contribution in [3.05, 3.63) is 187 Å². The minimum atomic E-state index is 0.632. The molecule has 0 radical (unpaired) electrons. The molecule has 1 aromatic heterocycles. The van der Waals surface area contributed by atoms with Gasteiger partial charge in [0, 0.05) is 16.7 Å². The van der Waals surface area contributed by atoms with E-state index < -0.39 is 0 Å². The van der Waals surface area contributed by atoms with Crippen LogP contribution in [-0.4, -0.2) is 15.0 Å². The molecule has 7 aromatic carbocycles. The number of hydrogen-bond acceptors (Lipinski definition) is 3. The number of aryl methyl sites for hydroxylation is 2. The zero-order valence-corrected chi connectivity index (χ0v) is 28.1. The van der Waals surface area contributed by atoms with Gasteiger partial charge in [0.1, 0.15) is 0 Å². The number of rotatable bonds is 7. The predicted molar refractivity (Wildman–Crippen MR) is 207 cm³/mol. The average Bonchev–Trinajstić information content (AvgIpc) is 3.19. The van der Waals surface area contributed by atoms with Crippen LogP contribution in [0.25, 0.3) is 78.7 Å². The first-order chi connectivity index (χ1) is 24.6. The van der Waals surface area contributed by atoms with Gasteiger partial charge in [-0.3, -0.25) is 0 Å². The zero-order chi connectivity index (χ0) is 33.9. The highest BCUT2D eigenvalue weighted by Crippen LogP contribution is 2.37. The molecule has 8 aromatic rings. The molecular formula is C47H35N3. The van der Waals surface area contributed by atoms with E-state index in [-0.39, 0.29) is 0 Å². The molecule has 0 aliphatic heterocycles. The van der Waals surface area contributed by atoms with Gasteiger partial charge in [-0.1, -0.05) is 152 Å². The first-order valence-electron chi connectivity index (χ1n) is 16.9. The van der Waals surface area contributed by atoms with Crippen LogP contribution >= 0.6 is 0 Å². The predicted octanol–water partition coefficient (Wildman–Crippen LogP) is 12.2. The molecule has 0 spiro atoms. The standard InChI is InChI=1S/C47H35N3/c1-32-14-12-13-21-43(32)44-31-39(23-22-33(44)2)41-28-40(36-26-24-35(25-27-36)34-15-6-3-7-16-34)29-42(30-41)47-49-45(37-17-8-4-9-18-37)48-46(50-47)38-19-10-5-11-20-38/h3-31H,1-2H3. The van der Waals surface area contributed by atoms with E-state index in [0.717, 1.165) is 38.9 Å². The summed E-state index contributed by atoms with van der Waals surface area (Å²) in [4.78, 5) is 15.1. The Kier molecular flexibility index (Phi) is 8.38. The van der Waals surface area contributed by atoms with Crippen LogP contribution < -0.4 is 0 Å². The quantitative estimate of drug-likeness (QED) is 0.174. The number of nitrogens with zero attached hydrogens (tertiary/aromatic N) is 3. The Morgan fingerprint density at radius 1 is 0.260 bits per heavy atom. The molecular weight excluding hydrogens is 607 g/mol. The number of hydrogen-bond donors (Lipinski definition) is 0. The van der Waals surface area contributed by atoms with Gasteiger partial charge in [0.15, 0.2) is 17.5 Å². The fourth-order valence-corrected chi connectivity index (χ4v) is 6.48. The van der Waals surface area contributed by atoms with E-state index in [1.165, 1.54) is 33.4 Å². The summed E-state index contributed by atoms with van der Waals surface area (Å²) in [5.74, 6) is 1.92. The Hall–Kier alpha value is -6.45. The first kappa shape index (κ1) is 30.9. The van der Waals surface area contributed by atoms with Crippen LogP contribution in [0, 0.1) is 13.8 Å². The van der Waals surface area contributed by atoms with Gasteiger partial charge < -0.3 is 0 Å². The van der Waals surface area contributed by atoms with Crippen molar-refractivity contribution in [3.63, 3.8) is 0 Å². The highest BCUT2D eigenvalue weighted by Gasteiger charge is 2.16. The maximum absolute atomic E-state index is 5.09. The zero-order valence-electron chi connectivity index (χ0n) is 28.1. The normalized spacial score (nSPS) is 11.0. The van der Waals surface area contributed by atoms with E-state index in [4.69, 9.17) is 15.0 Å². The van der Waals surface area contributed by atoms with Crippen molar-refractivity contribution in [2.75, 3.05) is 0 Å². The lowest BCUT2D eigenvalue weighted by molar-refractivity contribution is 1.07. The molecule has 0 saturated heterocycles. The van der Waals surface area contributed by atoms with Crippen molar-refractivity contribution >= 4 is 0 Å². The third-order valence-corrected chi connectivity index (χ3v) is 9.22. The molecule has 0 fully saturated rings. The molecule has 3 nitrogen and oxygen atoms in total. The van der Waals surface area contributed by atoms with Crippen molar-refractivity contribution in [1.82, 2.24) is 15.0 Å². The summed E-state index contributed by atoms with van der Waals surface area (Å²) in [6.07, 6.45) is 0. The summed E-state index contributed by atoms with van der Waals surface area (Å²) in [7, 11) is 0. The summed E-state index contributed by atoms with van der Waals surface area (Å²) >= 11 is 0. The third kappa shape index (κ3) is 6.37. The summed E-state index contributed by atoms with van der Waals surface area (Å²) in [5.41, 5.74) is 14.6. The molecule has 0 N–H and O–H groups in total. The van der Waals surface area contributed by atoms with E-state index in [1.54, 1.807) is 0 Å². The molecule has 0 amide bonds. The monoisotopic (exact) mass is 641 g/mol. The topological polar surface area (TPSA) is 38.7 Å². The molecule has 1 heterocycles. The smallest absolute Gasteiger partial charge is 0.164 e. The molecule has 8 rings (SSSR count). The second-order valence-electron chi connectivity index (χ2n) is 12.6. The molecule has 3 heteroatoms. The van der Waals surface area contributed by atoms with Crippen molar-refractivity contribution < 1.29 is 0 Å². The van der Waals surface area contributed by atoms with Crippen LogP contribution in [0.5, 0.6) is 0 Å². The minimum Gasteiger partial charge on any atom is -0.208 e. The van der Waals surface area contributed by atoms with Crippen LogP contribution in [0.3, 0.4) is 0 Å². The molecule has 0 bridgehead atoms. The van der Waals surface area contributed by atoms with Gasteiger partial charge in [-0.05, 0) is 93.7 Å². The molecule has 0 aliphatic rings. The SMILES string of the molecule is Cc1ccccc1-c1cc(-c2cc(-c3ccc(-c4ccccc4)cc3)cc(-c3nc(-c4ccccc4)nc(-c4ccccc4)n3)c2)ccc1C. The third-order valence-electron chi connectivity index (χ3n) is 9.22. The van der Waals surface area contributed by atoms with Crippen LogP contribution in [0.1, 0.15) is 11.1 Å². The fraction of sp³-hybridized carbons (Fsp3) is 0.0426. The second kappa shape index (κ2) is 13.6. The summed E-state index contributed by atoms with van der Waals surface area (Å²) in [6.45, 7) is 4.36. The first-order valence-corrected chi connectivity index (χ1v) is 16.9. The van der Waals surface area contributed by atoms with E-state index in [2.05, 4.69) is 123 Å². The highest BCUT2D eigenvalue weighted by molar-refractivity contribution is 5.84. The highest BCUT2D eigenvalue weighted by atomic mass is 15.0. The van der Waals surface area contributed by atoms with Gasteiger partial charge in [-0.25, -0.2) is 15.0 Å².